The first-order valence-electron chi connectivity index (χ1n) is 8.07. The number of hydrogen-bond acceptors (Lipinski definition) is 5. The first kappa shape index (κ1) is 19.2. The zero-order chi connectivity index (χ0) is 20.1. The first-order chi connectivity index (χ1) is 13.3. The Morgan fingerprint density at radius 2 is 1.75 bits per heavy atom. The van der Waals surface area contributed by atoms with Gasteiger partial charge in [-0.15, -0.1) is 0 Å². The van der Waals surface area contributed by atoms with Crippen LogP contribution >= 0.6 is 0 Å². The molecule has 28 heavy (non-hydrogen) atoms. The molecule has 0 fully saturated rings. The van der Waals surface area contributed by atoms with Crippen LogP contribution in [-0.2, 0) is 6.18 Å². The van der Waals surface area contributed by atoms with Gasteiger partial charge in [-0.3, -0.25) is 4.79 Å². The fourth-order valence-corrected chi connectivity index (χ4v) is 2.37. The van der Waals surface area contributed by atoms with Crippen LogP contribution < -0.4 is 15.4 Å². The molecule has 0 unspecified atom stereocenters. The van der Waals surface area contributed by atoms with E-state index in [1.54, 1.807) is 24.3 Å². The minimum Gasteiger partial charge on any atom is -0.497 e. The number of halogens is 3. The third-order valence-corrected chi connectivity index (χ3v) is 3.69. The second-order valence-corrected chi connectivity index (χ2v) is 5.68. The van der Waals surface area contributed by atoms with Crippen molar-refractivity contribution in [3.8, 4) is 5.75 Å². The minimum atomic E-state index is -4.45. The Labute approximate surface area is 158 Å². The molecule has 1 heterocycles. The van der Waals surface area contributed by atoms with Gasteiger partial charge in [0.2, 0.25) is 0 Å². The fraction of sp³-hybridized carbons (Fsp3) is 0.105. The topological polar surface area (TPSA) is 76.1 Å². The molecule has 6 nitrogen and oxygen atoms in total. The molecule has 0 spiro atoms. The van der Waals surface area contributed by atoms with E-state index in [0.29, 0.717) is 11.4 Å². The van der Waals surface area contributed by atoms with E-state index in [1.165, 1.54) is 25.3 Å². The van der Waals surface area contributed by atoms with Crippen molar-refractivity contribution < 1.29 is 22.7 Å². The highest BCUT2D eigenvalue weighted by Gasteiger charge is 2.30. The molecular formula is C19H15F3N4O2. The maximum Gasteiger partial charge on any atom is 0.416 e. The highest BCUT2D eigenvalue weighted by molar-refractivity contribution is 6.03. The number of methoxy groups -OCH3 is 1. The van der Waals surface area contributed by atoms with E-state index in [-0.39, 0.29) is 17.2 Å². The summed E-state index contributed by atoms with van der Waals surface area (Å²) in [6, 6.07) is 12.8. The zero-order valence-electron chi connectivity index (χ0n) is 14.6. The van der Waals surface area contributed by atoms with Crippen LogP contribution in [0.3, 0.4) is 0 Å². The number of carbonyl (C=O) groups excluding carboxylic acids is 1. The van der Waals surface area contributed by atoms with Crippen molar-refractivity contribution in [2.24, 2.45) is 0 Å². The number of aromatic nitrogens is 2. The summed E-state index contributed by atoms with van der Waals surface area (Å²) in [6.45, 7) is 0. The lowest BCUT2D eigenvalue weighted by molar-refractivity contribution is -0.137. The van der Waals surface area contributed by atoms with Crippen LogP contribution in [0.25, 0.3) is 0 Å². The summed E-state index contributed by atoms with van der Waals surface area (Å²) in [7, 11) is 1.51. The molecule has 3 aromatic rings. The van der Waals surface area contributed by atoms with Crippen molar-refractivity contribution in [1.82, 2.24) is 9.97 Å². The number of rotatable bonds is 5. The molecule has 144 valence electrons. The number of carbonyl (C=O) groups is 1. The number of amides is 1. The van der Waals surface area contributed by atoms with Gasteiger partial charge >= 0.3 is 6.18 Å². The van der Waals surface area contributed by atoms with Gasteiger partial charge in [-0.2, -0.15) is 13.2 Å². The van der Waals surface area contributed by atoms with Crippen molar-refractivity contribution in [1.29, 1.82) is 0 Å². The summed E-state index contributed by atoms with van der Waals surface area (Å²) in [5, 5.41) is 5.41. The monoisotopic (exact) mass is 388 g/mol. The molecule has 0 radical (unpaired) electrons. The number of hydrogen-bond donors (Lipinski definition) is 2. The normalized spacial score (nSPS) is 11.0. The van der Waals surface area contributed by atoms with E-state index in [9.17, 15) is 18.0 Å². The van der Waals surface area contributed by atoms with Crippen LogP contribution in [0.2, 0.25) is 0 Å². The molecule has 0 aliphatic rings. The molecule has 9 heteroatoms. The highest BCUT2D eigenvalue weighted by Crippen LogP contribution is 2.31. The van der Waals surface area contributed by atoms with E-state index in [1.807, 2.05) is 0 Å². The second kappa shape index (κ2) is 7.95. The lowest BCUT2D eigenvalue weighted by Gasteiger charge is -2.11. The molecule has 1 amide bonds. The van der Waals surface area contributed by atoms with Gasteiger partial charge in [0, 0.05) is 23.5 Å². The molecule has 3 rings (SSSR count). The number of nitrogens with zero attached hydrogens (tertiary/aromatic N) is 2. The average Bonchev–Trinajstić information content (AvgIpc) is 2.68. The molecule has 1 aromatic heterocycles. The van der Waals surface area contributed by atoms with E-state index in [0.717, 1.165) is 18.5 Å². The average molecular weight is 388 g/mol. The molecule has 0 aliphatic heterocycles. The molecule has 0 aliphatic carbocycles. The van der Waals surface area contributed by atoms with Crippen molar-refractivity contribution in [2.45, 2.75) is 6.18 Å². The molecule has 2 aromatic carbocycles. The predicted octanol–water partition coefficient (Wildman–Crippen LogP) is 4.50. The molecule has 0 saturated carbocycles. The summed E-state index contributed by atoms with van der Waals surface area (Å²) in [5.41, 5.74) is -0.0436. The maximum atomic E-state index is 12.8. The number of nitrogens with one attached hydrogen (secondary N) is 2. The predicted molar refractivity (Wildman–Crippen MR) is 97.7 cm³/mol. The van der Waals surface area contributed by atoms with Crippen LogP contribution in [0.1, 0.15) is 16.1 Å². The van der Waals surface area contributed by atoms with Crippen LogP contribution in [0.5, 0.6) is 5.75 Å². The molecule has 0 saturated heterocycles. The molecular weight excluding hydrogens is 373 g/mol. The van der Waals surface area contributed by atoms with Gasteiger partial charge in [-0.25, -0.2) is 9.97 Å². The number of benzene rings is 2. The summed E-state index contributed by atoms with van der Waals surface area (Å²) in [5.74, 6) is 0.264. The Bertz CT molecular complexity index is 993. The Balaban J connectivity index is 1.76. The van der Waals surface area contributed by atoms with Gasteiger partial charge < -0.3 is 15.4 Å². The van der Waals surface area contributed by atoms with Crippen molar-refractivity contribution in [3.63, 3.8) is 0 Å². The fourth-order valence-electron chi connectivity index (χ4n) is 2.37. The first-order valence-corrected chi connectivity index (χ1v) is 8.07. The minimum absolute atomic E-state index is 0.0484. The standard InChI is InChI=1S/C19H15F3N4O2/c1-28-15-7-3-6-14(9-15)26-18(27)16-10-17(24-11-23-16)25-13-5-2-4-12(8-13)19(20,21)22/h2-11H,1H3,(H,26,27)(H,23,24,25). The van der Waals surface area contributed by atoms with Gasteiger partial charge in [0.15, 0.2) is 0 Å². The third-order valence-electron chi connectivity index (χ3n) is 3.69. The molecule has 0 bridgehead atoms. The quantitative estimate of drug-likeness (QED) is 0.673. The Morgan fingerprint density at radius 3 is 2.50 bits per heavy atom. The summed E-state index contributed by atoms with van der Waals surface area (Å²) in [4.78, 5) is 20.2. The largest absolute Gasteiger partial charge is 0.497 e. The van der Waals surface area contributed by atoms with Gasteiger partial charge in [0.25, 0.3) is 5.91 Å². The van der Waals surface area contributed by atoms with E-state index in [2.05, 4.69) is 20.6 Å². The smallest absolute Gasteiger partial charge is 0.416 e. The van der Waals surface area contributed by atoms with Gasteiger partial charge in [0.1, 0.15) is 23.6 Å². The maximum absolute atomic E-state index is 12.8. The van der Waals surface area contributed by atoms with Crippen LogP contribution in [0, 0.1) is 0 Å². The van der Waals surface area contributed by atoms with Gasteiger partial charge in [-0.05, 0) is 30.3 Å². The lowest BCUT2D eigenvalue weighted by atomic mass is 10.2. The van der Waals surface area contributed by atoms with Gasteiger partial charge in [0.05, 0.1) is 12.7 Å². The van der Waals surface area contributed by atoms with E-state index in [4.69, 9.17) is 4.74 Å². The number of ether oxygens (including phenoxy) is 1. The number of anilines is 3. The second-order valence-electron chi connectivity index (χ2n) is 5.68. The van der Waals surface area contributed by atoms with Crippen molar-refractivity contribution in [2.75, 3.05) is 17.7 Å². The lowest BCUT2D eigenvalue weighted by Crippen LogP contribution is -2.14. The van der Waals surface area contributed by atoms with E-state index >= 15 is 0 Å². The van der Waals surface area contributed by atoms with Crippen molar-refractivity contribution in [3.05, 3.63) is 72.2 Å². The third kappa shape index (κ3) is 4.76. The highest BCUT2D eigenvalue weighted by atomic mass is 19.4. The van der Waals surface area contributed by atoms with Crippen LogP contribution in [-0.4, -0.2) is 23.0 Å². The molecule has 0 atom stereocenters. The van der Waals surface area contributed by atoms with Crippen molar-refractivity contribution >= 4 is 23.1 Å². The zero-order valence-corrected chi connectivity index (χ0v) is 14.6. The number of alkyl halides is 3. The Hall–Kier alpha value is -3.62. The molecule has 2 N–H and O–H groups in total. The van der Waals surface area contributed by atoms with Crippen LogP contribution in [0.15, 0.2) is 60.9 Å². The van der Waals surface area contributed by atoms with Crippen LogP contribution in [0.4, 0.5) is 30.4 Å². The Morgan fingerprint density at radius 1 is 1.00 bits per heavy atom. The summed E-state index contributed by atoms with van der Waals surface area (Å²) < 4.78 is 43.6. The summed E-state index contributed by atoms with van der Waals surface area (Å²) in [6.07, 6.45) is -3.30. The van der Waals surface area contributed by atoms with Gasteiger partial charge in [-0.1, -0.05) is 12.1 Å². The van der Waals surface area contributed by atoms with E-state index < -0.39 is 17.6 Å². The Kier molecular flexibility index (Phi) is 5.44. The summed E-state index contributed by atoms with van der Waals surface area (Å²) >= 11 is 0. The SMILES string of the molecule is COc1cccc(NC(=O)c2cc(Nc3cccc(C(F)(F)F)c3)ncn2)c1.